The molecule has 0 atom stereocenters. The highest BCUT2D eigenvalue weighted by atomic mass is 16.4. The minimum absolute atomic E-state index is 0.0488. The lowest BCUT2D eigenvalue weighted by Crippen LogP contribution is -2.05. The van der Waals surface area contributed by atoms with Gasteiger partial charge in [0.05, 0.1) is 0 Å². The Bertz CT molecular complexity index is 605. The van der Waals surface area contributed by atoms with E-state index in [9.17, 15) is 9.59 Å². The van der Waals surface area contributed by atoms with Gasteiger partial charge in [-0.05, 0) is 6.92 Å². The van der Waals surface area contributed by atoms with Crippen molar-refractivity contribution in [1.29, 1.82) is 0 Å². The predicted octanol–water partition coefficient (Wildman–Crippen LogP) is 0.760. The van der Waals surface area contributed by atoms with Gasteiger partial charge in [-0.25, -0.2) is 9.59 Å². The summed E-state index contributed by atoms with van der Waals surface area (Å²) in [5, 5.41) is 9.07. The van der Waals surface area contributed by atoms with E-state index >= 15 is 0 Å². The summed E-state index contributed by atoms with van der Waals surface area (Å²) in [7, 11) is 0. The van der Waals surface area contributed by atoms with Gasteiger partial charge in [-0.2, -0.15) is 0 Å². The van der Waals surface area contributed by atoms with Gasteiger partial charge in [0.2, 0.25) is 5.75 Å². The van der Waals surface area contributed by atoms with Crippen LogP contribution in [0.25, 0.3) is 11.0 Å². The lowest BCUT2D eigenvalue weighted by molar-refractivity contribution is 0.423. The summed E-state index contributed by atoms with van der Waals surface area (Å²) in [6, 6.07) is 2.45. The molecule has 1 N–H and O–H groups in total. The highest BCUT2D eigenvalue weighted by Crippen LogP contribution is 2.13. The SMILES string of the molecule is Cc1cc2oc(=O)c(O)cc2c(=O)o1. The van der Waals surface area contributed by atoms with E-state index in [1.807, 2.05) is 0 Å². The van der Waals surface area contributed by atoms with Crippen molar-refractivity contribution in [3.8, 4) is 5.75 Å². The molecule has 0 unspecified atom stereocenters. The van der Waals surface area contributed by atoms with Gasteiger partial charge in [0.15, 0.2) is 0 Å². The summed E-state index contributed by atoms with van der Waals surface area (Å²) in [6.45, 7) is 1.56. The van der Waals surface area contributed by atoms with Crippen molar-refractivity contribution < 1.29 is 13.9 Å². The average molecular weight is 194 g/mol. The van der Waals surface area contributed by atoms with E-state index in [0.29, 0.717) is 5.76 Å². The maximum atomic E-state index is 11.2. The zero-order chi connectivity index (χ0) is 10.3. The monoisotopic (exact) mass is 194 g/mol. The third-order valence-corrected chi connectivity index (χ3v) is 1.77. The molecule has 14 heavy (non-hydrogen) atoms. The second-order valence-electron chi connectivity index (χ2n) is 2.84. The van der Waals surface area contributed by atoms with Crippen molar-refractivity contribution in [2.75, 3.05) is 0 Å². The van der Waals surface area contributed by atoms with Gasteiger partial charge in [0.1, 0.15) is 16.7 Å². The van der Waals surface area contributed by atoms with E-state index in [1.54, 1.807) is 6.92 Å². The number of hydrogen-bond acceptors (Lipinski definition) is 5. The molecule has 0 aromatic carbocycles. The molecule has 5 nitrogen and oxygen atoms in total. The summed E-state index contributed by atoms with van der Waals surface area (Å²) < 4.78 is 9.45. The van der Waals surface area contributed by atoms with Gasteiger partial charge < -0.3 is 13.9 Å². The molecular weight excluding hydrogens is 188 g/mol. The van der Waals surface area contributed by atoms with Crippen molar-refractivity contribution in [3.05, 3.63) is 38.7 Å². The molecule has 0 aliphatic carbocycles. The van der Waals surface area contributed by atoms with E-state index < -0.39 is 17.0 Å². The third kappa shape index (κ3) is 1.19. The average Bonchev–Trinajstić information content (AvgIpc) is 2.08. The summed E-state index contributed by atoms with van der Waals surface area (Å²) >= 11 is 0. The van der Waals surface area contributed by atoms with Crippen LogP contribution in [0.15, 0.2) is 30.6 Å². The van der Waals surface area contributed by atoms with Crippen molar-refractivity contribution in [2.45, 2.75) is 6.92 Å². The molecule has 0 aliphatic heterocycles. The van der Waals surface area contributed by atoms with Gasteiger partial charge in [-0.15, -0.1) is 0 Å². The van der Waals surface area contributed by atoms with Crippen LogP contribution in [0.1, 0.15) is 5.76 Å². The van der Waals surface area contributed by atoms with Crippen molar-refractivity contribution in [1.82, 2.24) is 0 Å². The molecule has 2 aromatic rings. The van der Waals surface area contributed by atoms with E-state index in [2.05, 4.69) is 4.42 Å². The van der Waals surface area contributed by atoms with Crippen LogP contribution in [0.3, 0.4) is 0 Å². The Morgan fingerprint density at radius 2 is 1.86 bits per heavy atom. The van der Waals surface area contributed by atoms with Crippen LogP contribution in [-0.4, -0.2) is 5.11 Å². The quantitative estimate of drug-likeness (QED) is 0.669. The number of aromatic hydroxyl groups is 1. The molecule has 2 heterocycles. The molecule has 2 rings (SSSR count). The minimum Gasteiger partial charge on any atom is -0.502 e. The Hall–Kier alpha value is -2.04. The molecule has 0 saturated heterocycles. The normalized spacial score (nSPS) is 10.6. The molecule has 0 saturated carbocycles. The third-order valence-electron chi connectivity index (χ3n) is 1.77. The summed E-state index contributed by atoms with van der Waals surface area (Å²) in [4.78, 5) is 22.1. The molecule has 0 aliphatic rings. The second kappa shape index (κ2) is 2.73. The molecular formula is C9H6O5. The summed E-state index contributed by atoms with van der Waals surface area (Å²) in [5.41, 5.74) is -1.40. The highest BCUT2D eigenvalue weighted by Gasteiger charge is 2.08. The van der Waals surface area contributed by atoms with Crippen molar-refractivity contribution in [3.63, 3.8) is 0 Å². The second-order valence-corrected chi connectivity index (χ2v) is 2.84. The van der Waals surface area contributed by atoms with Gasteiger partial charge in [-0.3, -0.25) is 0 Å². The molecule has 0 bridgehead atoms. The smallest absolute Gasteiger partial charge is 0.378 e. The molecule has 2 aromatic heterocycles. The van der Waals surface area contributed by atoms with Crippen LogP contribution in [0.5, 0.6) is 5.75 Å². The molecule has 0 spiro atoms. The molecule has 0 amide bonds. The minimum atomic E-state index is -0.873. The standard InChI is InChI=1S/C9H6O5/c1-4-2-7-5(8(11)13-4)3-6(10)9(12)14-7/h2-3,10H,1H3. The van der Waals surface area contributed by atoms with Crippen molar-refractivity contribution >= 4 is 11.0 Å². The lowest BCUT2D eigenvalue weighted by Gasteiger charge is -1.96. The van der Waals surface area contributed by atoms with Gasteiger partial charge in [-0.1, -0.05) is 0 Å². The number of rotatable bonds is 0. The number of hydrogen-bond donors (Lipinski definition) is 1. The first-order valence-corrected chi connectivity index (χ1v) is 3.85. The van der Waals surface area contributed by atoms with E-state index in [1.165, 1.54) is 6.07 Å². The fraction of sp³-hybridized carbons (Fsp3) is 0.111. The van der Waals surface area contributed by atoms with Crippen LogP contribution in [0, 0.1) is 6.92 Å². The van der Waals surface area contributed by atoms with Crippen LogP contribution in [0.2, 0.25) is 0 Å². The fourth-order valence-electron chi connectivity index (χ4n) is 1.16. The van der Waals surface area contributed by atoms with Crippen molar-refractivity contribution in [2.24, 2.45) is 0 Å². The lowest BCUT2D eigenvalue weighted by atomic mass is 10.3. The van der Waals surface area contributed by atoms with Crippen LogP contribution in [0.4, 0.5) is 0 Å². The number of fused-ring (bicyclic) bond motifs is 1. The van der Waals surface area contributed by atoms with E-state index in [0.717, 1.165) is 6.07 Å². The highest BCUT2D eigenvalue weighted by molar-refractivity contribution is 5.75. The molecule has 0 radical (unpaired) electrons. The zero-order valence-corrected chi connectivity index (χ0v) is 7.23. The van der Waals surface area contributed by atoms with Crippen LogP contribution < -0.4 is 11.3 Å². The van der Waals surface area contributed by atoms with Gasteiger partial charge in [0.25, 0.3) is 0 Å². The first-order valence-electron chi connectivity index (χ1n) is 3.85. The summed E-state index contributed by atoms with van der Waals surface area (Å²) in [5.74, 6) is -0.259. The van der Waals surface area contributed by atoms with Gasteiger partial charge in [0, 0.05) is 12.1 Å². The van der Waals surface area contributed by atoms with Gasteiger partial charge >= 0.3 is 11.3 Å². The predicted molar refractivity (Wildman–Crippen MR) is 47.4 cm³/mol. The zero-order valence-electron chi connectivity index (χ0n) is 7.23. The maximum absolute atomic E-state index is 11.2. The molecule has 5 heteroatoms. The van der Waals surface area contributed by atoms with Crippen LogP contribution >= 0.6 is 0 Å². The largest absolute Gasteiger partial charge is 0.502 e. The first-order chi connectivity index (χ1) is 6.58. The fourth-order valence-corrected chi connectivity index (χ4v) is 1.16. The van der Waals surface area contributed by atoms with Crippen LogP contribution in [-0.2, 0) is 0 Å². The maximum Gasteiger partial charge on any atom is 0.378 e. The Morgan fingerprint density at radius 3 is 2.57 bits per heavy atom. The Morgan fingerprint density at radius 1 is 1.14 bits per heavy atom. The van der Waals surface area contributed by atoms with E-state index in [-0.39, 0.29) is 11.0 Å². The van der Waals surface area contributed by atoms with E-state index in [4.69, 9.17) is 9.52 Å². The topological polar surface area (TPSA) is 80.6 Å². The molecule has 0 fully saturated rings. The number of aryl methyl sites for hydroxylation is 1. The Kier molecular flexibility index (Phi) is 1.67. The Labute approximate surface area is 77.2 Å². The first kappa shape index (κ1) is 8.55. The summed E-state index contributed by atoms with van der Waals surface area (Å²) in [6.07, 6.45) is 0. The molecule has 72 valence electrons. The Balaban J connectivity index is 3.04.